The summed E-state index contributed by atoms with van der Waals surface area (Å²) in [5, 5.41) is 0. The normalized spacial score (nSPS) is 27.8. The van der Waals surface area contributed by atoms with Crippen LogP contribution < -0.4 is 5.73 Å². The topological polar surface area (TPSA) is 26.0 Å². The molecule has 0 spiro atoms. The maximum atomic E-state index is 14.0. The van der Waals surface area contributed by atoms with Gasteiger partial charge in [-0.3, -0.25) is 0 Å². The summed E-state index contributed by atoms with van der Waals surface area (Å²) in [6, 6.07) is 3.77. The Balaban J connectivity index is 2.29. The fraction of sp³-hybridized carbons (Fsp3) is 0.625. The number of nitrogens with two attached hydrogens (primary N) is 1. The standard InChI is InChI=1S/C16H23F2N/c1-10(2)11-3-4-12(9-19)14(7-11)15-8-13(17)5-6-16(15)18/h5-6,8,10-12,14H,3-4,7,9,19H2,1-2H3. The lowest BCUT2D eigenvalue weighted by Gasteiger charge is -2.37. The lowest BCUT2D eigenvalue weighted by atomic mass is 9.68. The van der Waals surface area contributed by atoms with Gasteiger partial charge in [0.2, 0.25) is 0 Å². The monoisotopic (exact) mass is 267 g/mol. The van der Waals surface area contributed by atoms with Crippen molar-refractivity contribution < 1.29 is 8.78 Å². The quantitative estimate of drug-likeness (QED) is 0.877. The van der Waals surface area contributed by atoms with E-state index in [1.807, 2.05) is 0 Å². The van der Waals surface area contributed by atoms with Crippen LogP contribution in [0.3, 0.4) is 0 Å². The van der Waals surface area contributed by atoms with Crippen molar-refractivity contribution in [2.75, 3.05) is 6.54 Å². The Morgan fingerprint density at radius 1 is 1.26 bits per heavy atom. The van der Waals surface area contributed by atoms with Gasteiger partial charge in [-0.1, -0.05) is 13.8 Å². The van der Waals surface area contributed by atoms with E-state index < -0.39 is 0 Å². The fourth-order valence-electron chi connectivity index (χ4n) is 3.33. The highest BCUT2D eigenvalue weighted by molar-refractivity contribution is 5.24. The van der Waals surface area contributed by atoms with Crippen LogP contribution in [0.25, 0.3) is 0 Å². The second kappa shape index (κ2) is 6.00. The van der Waals surface area contributed by atoms with Gasteiger partial charge in [-0.05, 0) is 73.2 Å². The Hall–Kier alpha value is -0.960. The molecule has 2 rings (SSSR count). The molecule has 0 amide bonds. The average Bonchev–Trinajstić information content (AvgIpc) is 2.40. The van der Waals surface area contributed by atoms with Crippen molar-refractivity contribution >= 4 is 0 Å². The molecular formula is C16H23F2N. The molecule has 1 aromatic rings. The van der Waals surface area contributed by atoms with Crippen LogP contribution in [0.2, 0.25) is 0 Å². The summed E-state index contributed by atoms with van der Waals surface area (Å²) >= 11 is 0. The molecule has 106 valence electrons. The van der Waals surface area contributed by atoms with E-state index in [2.05, 4.69) is 13.8 Å². The van der Waals surface area contributed by atoms with E-state index in [9.17, 15) is 8.78 Å². The van der Waals surface area contributed by atoms with Gasteiger partial charge >= 0.3 is 0 Å². The van der Waals surface area contributed by atoms with Gasteiger partial charge in [0.1, 0.15) is 11.6 Å². The highest BCUT2D eigenvalue weighted by Gasteiger charge is 2.33. The Kier molecular flexibility index (Phi) is 4.56. The molecule has 3 unspecified atom stereocenters. The molecule has 1 fully saturated rings. The first-order chi connectivity index (χ1) is 9.02. The minimum Gasteiger partial charge on any atom is -0.330 e. The summed E-state index contributed by atoms with van der Waals surface area (Å²) in [5.41, 5.74) is 6.34. The first kappa shape index (κ1) is 14.4. The van der Waals surface area contributed by atoms with Crippen LogP contribution in [0.15, 0.2) is 18.2 Å². The molecule has 0 heterocycles. The molecule has 0 bridgehead atoms. The molecule has 0 aliphatic heterocycles. The maximum absolute atomic E-state index is 14.0. The average molecular weight is 267 g/mol. The van der Waals surface area contributed by atoms with E-state index in [0.717, 1.165) is 19.3 Å². The van der Waals surface area contributed by atoms with E-state index >= 15 is 0 Å². The first-order valence-corrected chi connectivity index (χ1v) is 7.18. The number of rotatable bonds is 3. The summed E-state index contributed by atoms with van der Waals surface area (Å²) in [4.78, 5) is 0. The molecule has 1 aromatic carbocycles. The third-order valence-corrected chi connectivity index (χ3v) is 4.64. The summed E-state index contributed by atoms with van der Waals surface area (Å²) in [6.07, 6.45) is 3.08. The summed E-state index contributed by atoms with van der Waals surface area (Å²) < 4.78 is 27.4. The Labute approximate surface area is 114 Å². The Morgan fingerprint density at radius 3 is 2.63 bits per heavy atom. The molecule has 1 aliphatic rings. The molecule has 0 aromatic heterocycles. The molecule has 1 saturated carbocycles. The van der Waals surface area contributed by atoms with Crippen molar-refractivity contribution in [3.05, 3.63) is 35.4 Å². The maximum Gasteiger partial charge on any atom is 0.126 e. The number of hydrogen-bond donors (Lipinski definition) is 1. The molecule has 0 saturated heterocycles. The van der Waals surface area contributed by atoms with E-state index in [-0.39, 0.29) is 23.5 Å². The zero-order valence-corrected chi connectivity index (χ0v) is 11.7. The van der Waals surface area contributed by atoms with Crippen LogP contribution in [0.4, 0.5) is 8.78 Å². The number of halogens is 2. The van der Waals surface area contributed by atoms with Crippen LogP contribution in [-0.4, -0.2) is 6.54 Å². The van der Waals surface area contributed by atoms with Crippen LogP contribution >= 0.6 is 0 Å². The van der Waals surface area contributed by atoms with E-state index in [0.29, 0.717) is 23.9 Å². The van der Waals surface area contributed by atoms with Crippen molar-refractivity contribution in [3.63, 3.8) is 0 Å². The van der Waals surface area contributed by atoms with Gasteiger partial charge in [-0.15, -0.1) is 0 Å². The van der Waals surface area contributed by atoms with Crippen LogP contribution in [0.5, 0.6) is 0 Å². The largest absolute Gasteiger partial charge is 0.330 e. The van der Waals surface area contributed by atoms with E-state index in [1.54, 1.807) is 0 Å². The van der Waals surface area contributed by atoms with Crippen LogP contribution in [0.1, 0.15) is 44.6 Å². The zero-order chi connectivity index (χ0) is 14.0. The van der Waals surface area contributed by atoms with Gasteiger partial charge in [-0.2, -0.15) is 0 Å². The second-order valence-corrected chi connectivity index (χ2v) is 6.09. The number of benzene rings is 1. The minimum atomic E-state index is -0.362. The lowest BCUT2D eigenvalue weighted by molar-refractivity contribution is 0.195. The van der Waals surface area contributed by atoms with Gasteiger partial charge in [0, 0.05) is 0 Å². The summed E-state index contributed by atoms with van der Waals surface area (Å²) in [5.74, 6) is 0.828. The molecule has 1 aliphatic carbocycles. The fourth-order valence-corrected chi connectivity index (χ4v) is 3.33. The molecular weight excluding hydrogens is 244 g/mol. The molecule has 0 radical (unpaired) electrons. The SMILES string of the molecule is CC(C)C1CCC(CN)C(c2cc(F)ccc2F)C1. The van der Waals surface area contributed by atoms with Crippen molar-refractivity contribution in [1.82, 2.24) is 0 Å². The molecule has 3 atom stereocenters. The zero-order valence-electron chi connectivity index (χ0n) is 11.7. The number of hydrogen-bond acceptors (Lipinski definition) is 1. The van der Waals surface area contributed by atoms with Gasteiger partial charge in [0.15, 0.2) is 0 Å². The third-order valence-electron chi connectivity index (χ3n) is 4.64. The Bertz CT molecular complexity index is 431. The van der Waals surface area contributed by atoms with Gasteiger partial charge in [-0.25, -0.2) is 8.78 Å². The van der Waals surface area contributed by atoms with Crippen LogP contribution in [-0.2, 0) is 0 Å². The Morgan fingerprint density at radius 2 is 2.00 bits per heavy atom. The summed E-state index contributed by atoms with van der Waals surface area (Å²) in [6.45, 7) is 4.95. The van der Waals surface area contributed by atoms with E-state index in [4.69, 9.17) is 5.73 Å². The second-order valence-electron chi connectivity index (χ2n) is 6.09. The van der Waals surface area contributed by atoms with Crippen molar-refractivity contribution in [1.29, 1.82) is 0 Å². The molecule has 19 heavy (non-hydrogen) atoms. The van der Waals surface area contributed by atoms with Gasteiger partial charge in [0.25, 0.3) is 0 Å². The van der Waals surface area contributed by atoms with Crippen molar-refractivity contribution in [3.8, 4) is 0 Å². The third kappa shape index (κ3) is 3.14. The summed E-state index contributed by atoms with van der Waals surface area (Å²) in [7, 11) is 0. The van der Waals surface area contributed by atoms with Gasteiger partial charge in [0.05, 0.1) is 0 Å². The smallest absolute Gasteiger partial charge is 0.126 e. The predicted octanol–water partition coefficient (Wildman–Crippen LogP) is 4.08. The first-order valence-electron chi connectivity index (χ1n) is 7.18. The highest BCUT2D eigenvalue weighted by atomic mass is 19.1. The molecule has 3 heteroatoms. The minimum absolute atomic E-state index is 0.0573. The lowest BCUT2D eigenvalue weighted by Crippen LogP contribution is -2.31. The molecule has 2 N–H and O–H groups in total. The highest BCUT2D eigenvalue weighted by Crippen LogP contribution is 2.43. The van der Waals surface area contributed by atoms with Crippen molar-refractivity contribution in [2.24, 2.45) is 23.5 Å². The molecule has 1 nitrogen and oxygen atoms in total. The van der Waals surface area contributed by atoms with Crippen molar-refractivity contribution in [2.45, 2.75) is 39.0 Å². The van der Waals surface area contributed by atoms with Crippen LogP contribution in [0, 0.1) is 29.4 Å². The van der Waals surface area contributed by atoms with Gasteiger partial charge < -0.3 is 5.73 Å². The van der Waals surface area contributed by atoms with E-state index in [1.165, 1.54) is 18.2 Å². The predicted molar refractivity (Wildman–Crippen MR) is 73.8 cm³/mol.